The van der Waals surface area contributed by atoms with E-state index < -0.39 is 0 Å². The lowest BCUT2D eigenvalue weighted by Crippen LogP contribution is -2.01. The molecule has 8 rings (SSSR count). The van der Waals surface area contributed by atoms with Crippen molar-refractivity contribution in [3.8, 4) is 67.0 Å². The Hall–Kier alpha value is -6.14. The average Bonchev–Trinajstić information content (AvgIpc) is 3.78. The standard InChI is InChI=1S/C32H19N11S/c1-2-10-34-19(6-1)24-25(23-18-33-16-17-36-23)29(32-37-12-5-13-38-32)28-27(21-8-4-14-39-41-21)30(22-9-15-40-43-42-22)44-31(28)26(24)20-7-3-11-35-20/h1-18,35H. The molecule has 12 heteroatoms. The lowest BCUT2D eigenvalue weighted by atomic mass is 9.85. The molecule has 11 nitrogen and oxygen atoms in total. The maximum atomic E-state index is 4.84. The van der Waals surface area contributed by atoms with E-state index in [2.05, 4.69) is 35.6 Å². The van der Waals surface area contributed by atoms with Gasteiger partial charge in [-0.25, -0.2) is 9.97 Å². The first-order valence-corrected chi connectivity index (χ1v) is 14.4. The van der Waals surface area contributed by atoms with Crippen LogP contribution in [0.15, 0.2) is 110 Å². The van der Waals surface area contributed by atoms with E-state index in [0.29, 0.717) is 22.9 Å². The predicted octanol–water partition coefficient (Wildman–Crippen LogP) is 6.18. The van der Waals surface area contributed by atoms with Crippen molar-refractivity contribution in [2.24, 2.45) is 0 Å². The number of fused-ring (bicyclic) bond motifs is 1. The zero-order valence-corrected chi connectivity index (χ0v) is 23.6. The van der Waals surface area contributed by atoms with Gasteiger partial charge in [-0.15, -0.1) is 21.5 Å². The van der Waals surface area contributed by atoms with Crippen molar-refractivity contribution in [1.29, 1.82) is 0 Å². The molecule has 0 amide bonds. The van der Waals surface area contributed by atoms with Gasteiger partial charge in [0.2, 0.25) is 0 Å². The van der Waals surface area contributed by atoms with Crippen molar-refractivity contribution in [3.63, 3.8) is 0 Å². The molecule has 0 saturated carbocycles. The highest BCUT2D eigenvalue weighted by molar-refractivity contribution is 7.23. The topological polar surface area (TPSA) is 145 Å². The molecule has 0 bridgehead atoms. The van der Waals surface area contributed by atoms with Crippen LogP contribution in [0.3, 0.4) is 0 Å². The van der Waals surface area contributed by atoms with E-state index in [1.54, 1.807) is 67.0 Å². The molecular formula is C32H19N11S. The largest absolute Gasteiger partial charge is 0.361 e. The van der Waals surface area contributed by atoms with E-state index in [0.717, 1.165) is 54.2 Å². The van der Waals surface area contributed by atoms with Crippen LogP contribution >= 0.6 is 11.3 Å². The normalized spacial score (nSPS) is 11.2. The molecule has 7 heterocycles. The SMILES string of the molecule is c1ccc(-c2c(-c3cnccn3)c(-c3ncccn3)c3c(-c4cccnn4)c(-c4ccnnn4)sc3c2-c2ccc[nH]2)nc1. The second kappa shape index (κ2) is 10.9. The number of nitrogens with one attached hydrogen (secondary N) is 1. The van der Waals surface area contributed by atoms with Crippen molar-refractivity contribution < 1.29 is 0 Å². The van der Waals surface area contributed by atoms with Gasteiger partial charge >= 0.3 is 0 Å². The summed E-state index contributed by atoms with van der Waals surface area (Å²) in [5.41, 5.74) is 7.81. The number of thiophene rings is 1. The zero-order chi connectivity index (χ0) is 29.3. The molecule has 0 unspecified atom stereocenters. The van der Waals surface area contributed by atoms with Gasteiger partial charge in [0.15, 0.2) is 5.82 Å². The Morgan fingerprint density at radius 1 is 0.545 bits per heavy atom. The summed E-state index contributed by atoms with van der Waals surface area (Å²) in [6, 6.07) is 17.3. The Bertz CT molecular complexity index is 2190. The van der Waals surface area contributed by atoms with Gasteiger partial charge in [-0.2, -0.15) is 10.2 Å². The number of nitrogens with zero attached hydrogens (tertiary/aromatic N) is 10. The van der Waals surface area contributed by atoms with Crippen molar-refractivity contribution in [1.82, 2.24) is 55.5 Å². The van der Waals surface area contributed by atoms with Crippen LogP contribution in [0.2, 0.25) is 0 Å². The monoisotopic (exact) mass is 589 g/mol. The summed E-state index contributed by atoms with van der Waals surface area (Å²) in [5.74, 6) is 0.517. The Morgan fingerprint density at radius 2 is 1.41 bits per heavy atom. The third-order valence-electron chi connectivity index (χ3n) is 7.10. The van der Waals surface area contributed by atoms with Gasteiger partial charge in [0.05, 0.1) is 34.4 Å². The molecule has 208 valence electrons. The predicted molar refractivity (Wildman–Crippen MR) is 167 cm³/mol. The number of H-pyrrole nitrogens is 1. The van der Waals surface area contributed by atoms with Gasteiger partial charge in [-0.05, 0) is 53.7 Å². The summed E-state index contributed by atoms with van der Waals surface area (Å²) >= 11 is 1.58. The van der Waals surface area contributed by atoms with Gasteiger partial charge in [0.1, 0.15) is 5.69 Å². The molecular weight excluding hydrogens is 570 g/mol. The first kappa shape index (κ1) is 25.6. The Balaban J connectivity index is 1.69. The fourth-order valence-electron chi connectivity index (χ4n) is 5.40. The van der Waals surface area contributed by atoms with E-state index in [4.69, 9.17) is 19.9 Å². The van der Waals surface area contributed by atoms with Crippen molar-refractivity contribution in [3.05, 3.63) is 110 Å². The Labute approximate surface area is 253 Å². The van der Waals surface area contributed by atoms with Gasteiger partial charge in [-0.3, -0.25) is 15.0 Å². The van der Waals surface area contributed by atoms with Crippen LogP contribution in [-0.2, 0) is 0 Å². The first-order chi connectivity index (χ1) is 21.9. The highest BCUT2D eigenvalue weighted by Gasteiger charge is 2.32. The number of pyridine rings is 1. The number of aromatic amines is 1. The van der Waals surface area contributed by atoms with Crippen molar-refractivity contribution >= 4 is 21.4 Å². The molecule has 0 aliphatic rings. The third-order valence-corrected chi connectivity index (χ3v) is 8.33. The van der Waals surface area contributed by atoms with Gasteiger partial charge in [0.25, 0.3) is 0 Å². The van der Waals surface area contributed by atoms with Crippen LogP contribution in [0.25, 0.3) is 77.1 Å². The molecule has 1 N–H and O–H groups in total. The van der Waals surface area contributed by atoms with E-state index in [9.17, 15) is 0 Å². The number of hydrogen-bond donors (Lipinski definition) is 1. The summed E-state index contributed by atoms with van der Waals surface area (Å²) in [7, 11) is 0. The Kier molecular flexibility index (Phi) is 6.35. The lowest BCUT2D eigenvalue weighted by molar-refractivity contribution is 0.872. The highest BCUT2D eigenvalue weighted by Crippen LogP contribution is 2.56. The molecule has 0 aliphatic heterocycles. The first-order valence-electron chi connectivity index (χ1n) is 13.6. The number of aromatic nitrogens is 11. The Morgan fingerprint density at radius 3 is 2.14 bits per heavy atom. The van der Waals surface area contributed by atoms with E-state index in [1.165, 1.54) is 0 Å². The number of rotatable bonds is 6. The van der Waals surface area contributed by atoms with Crippen LogP contribution in [0.4, 0.5) is 0 Å². The quantitative estimate of drug-likeness (QED) is 0.239. The minimum Gasteiger partial charge on any atom is -0.361 e. The molecule has 1 aromatic carbocycles. The van der Waals surface area contributed by atoms with Crippen LogP contribution in [0, 0.1) is 0 Å². The van der Waals surface area contributed by atoms with Crippen LogP contribution < -0.4 is 0 Å². The fraction of sp³-hybridized carbons (Fsp3) is 0. The zero-order valence-electron chi connectivity index (χ0n) is 22.8. The van der Waals surface area contributed by atoms with Gasteiger partial charge in [-0.1, -0.05) is 6.07 Å². The van der Waals surface area contributed by atoms with Crippen LogP contribution in [0.5, 0.6) is 0 Å². The molecule has 8 aromatic rings. The molecule has 7 aromatic heterocycles. The highest BCUT2D eigenvalue weighted by atomic mass is 32.1. The summed E-state index contributed by atoms with van der Waals surface area (Å²) in [4.78, 5) is 28.0. The molecule has 44 heavy (non-hydrogen) atoms. The van der Waals surface area contributed by atoms with Crippen molar-refractivity contribution in [2.45, 2.75) is 0 Å². The second-order valence-electron chi connectivity index (χ2n) is 9.59. The molecule has 0 atom stereocenters. The lowest BCUT2D eigenvalue weighted by Gasteiger charge is -2.20. The third kappa shape index (κ3) is 4.28. The number of hydrogen-bond acceptors (Lipinski definition) is 11. The summed E-state index contributed by atoms with van der Waals surface area (Å²) < 4.78 is 0.956. The van der Waals surface area contributed by atoms with Gasteiger partial charge < -0.3 is 4.98 Å². The molecule has 0 radical (unpaired) electrons. The van der Waals surface area contributed by atoms with Gasteiger partial charge in [0, 0.05) is 87.0 Å². The molecule has 0 aliphatic carbocycles. The second-order valence-corrected chi connectivity index (χ2v) is 10.6. The maximum absolute atomic E-state index is 4.84. The molecule has 0 saturated heterocycles. The smallest absolute Gasteiger partial charge is 0.160 e. The van der Waals surface area contributed by atoms with E-state index in [-0.39, 0.29) is 0 Å². The summed E-state index contributed by atoms with van der Waals surface area (Å²) in [6.07, 6.45) is 15.5. The van der Waals surface area contributed by atoms with E-state index >= 15 is 0 Å². The summed E-state index contributed by atoms with van der Waals surface area (Å²) in [6.45, 7) is 0. The molecule has 0 fully saturated rings. The van der Waals surface area contributed by atoms with E-state index in [1.807, 2.05) is 54.7 Å². The van der Waals surface area contributed by atoms with Crippen LogP contribution in [0.1, 0.15) is 0 Å². The fourth-order valence-corrected chi connectivity index (χ4v) is 6.75. The summed E-state index contributed by atoms with van der Waals surface area (Å²) in [5, 5.41) is 22.0. The minimum atomic E-state index is 0.517. The minimum absolute atomic E-state index is 0.517. The maximum Gasteiger partial charge on any atom is 0.160 e. The molecule has 0 spiro atoms. The average molecular weight is 590 g/mol. The van der Waals surface area contributed by atoms with Crippen molar-refractivity contribution in [2.75, 3.05) is 0 Å². The van der Waals surface area contributed by atoms with Crippen LogP contribution in [-0.4, -0.2) is 55.5 Å². The number of benzene rings is 1.